The van der Waals surface area contributed by atoms with E-state index in [-0.39, 0.29) is 5.41 Å². The average Bonchev–Trinajstić information content (AvgIpc) is 2.33. The van der Waals surface area contributed by atoms with Crippen molar-refractivity contribution in [1.82, 2.24) is 0 Å². The third-order valence-corrected chi connectivity index (χ3v) is 3.66. The quantitative estimate of drug-likeness (QED) is 0.610. The molecule has 0 aliphatic carbocycles. The van der Waals surface area contributed by atoms with Crippen LogP contribution in [0, 0.1) is 0 Å². The summed E-state index contributed by atoms with van der Waals surface area (Å²) in [6, 6.07) is 3.82. The largest absolute Gasteiger partial charge is 0.496 e. The second kappa shape index (κ2) is 6.35. The van der Waals surface area contributed by atoms with Gasteiger partial charge in [-0.05, 0) is 30.1 Å². The molecule has 0 aliphatic rings. The number of hydrogen-bond donors (Lipinski definition) is 0. The maximum Gasteiger partial charge on any atom is 0.205 e. The van der Waals surface area contributed by atoms with Crippen LogP contribution in [0.2, 0.25) is 13.1 Å². The molecule has 0 heterocycles. The number of carbonyl (C=O) groups is 1. The molecule has 1 radical (unpaired) electrons. The third kappa shape index (κ3) is 3.91. The summed E-state index contributed by atoms with van der Waals surface area (Å²) in [5.41, 5.74) is 2.72. The van der Waals surface area contributed by atoms with E-state index in [2.05, 4.69) is 33.9 Å². The molecule has 1 aromatic carbocycles. The first-order valence-corrected chi connectivity index (χ1v) is 8.80. The molecule has 3 nitrogen and oxygen atoms in total. The average molecular weight is 279 g/mol. The SMILES string of the molecule is COc1c(C=O)ccc(C(C)(C)C)c1CO[Si](C)C. The van der Waals surface area contributed by atoms with Crippen molar-refractivity contribution in [3.63, 3.8) is 0 Å². The molecule has 0 spiro atoms. The first kappa shape index (κ1) is 15.9. The highest BCUT2D eigenvalue weighted by Gasteiger charge is 2.23. The van der Waals surface area contributed by atoms with Gasteiger partial charge in [0, 0.05) is 5.56 Å². The van der Waals surface area contributed by atoms with Crippen molar-refractivity contribution in [2.45, 2.75) is 45.9 Å². The Morgan fingerprint density at radius 2 is 1.89 bits per heavy atom. The summed E-state index contributed by atoms with van der Waals surface area (Å²) < 4.78 is 11.2. The molecule has 105 valence electrons. The van der Waals surface area contributed by atoms with Gasteiger partial charge in [-0.25, -0.2) is 0 Å². The molecule has 0 aliphatic heterocycles. The van der Waals surface area contributed by atoms with Crippen LogP contribution in [0.1, 0.15) is 42.3 Å². The Hall–Kier alpha value is -1.13. The van der Waals surface area contributed by atoms with Gasteiger partial charge in [-0.3, -0.25) is 4.79 Å². The smallest absolute Gasteiger partial charge is 0.205 e. The lowest BCUT2D eigenvalue weighted by molar-refractivity contribution is 0.112. The standard InChI is InChI=1S/C15H23O3Si/c1-15(2,3)13-8-7-11(9-16)14(17-4)12(13)10-18-19(5)6/h7-9H,10H2,1-6H3. The Balaban J connectivity index is 3.35. The van der Waals surface area contributed by atoms with Gasteiger partial charge in [-0.2, -0.15) is 0 Å². The van der Waals surface area contributed by atoms with Crippen molar-refractivity contribution in [2.75, 3.05) is 7.11 Å². The Kier molecular flexibility index (Phi) is 5.32. The zero-order valence-corrected chi connectivity index (χ0v) is 13.7. The van der Waals surface area contributed by atoms with Crippen LogP contribution in [-0.2, 0) is 16.4 Å². The van der Waals surface area contributed by atoms with E-state index >= 15 is 0 Å². The Morgan fingerprint density at radius 1 is 1.26 bits per heavy atom. The van der Waals surface area contributed by atoms with Crippen LogP contribution < -0.4 is 4.74 Å². The highest BCUT2D eigenvalue weighted by Crippen LogP contribution is 2.34. The second-order valence-corrected chi connectivity index (χ2v) is 7.88. The zero-order chi connectivity index (χ0) is 14.6. The van der Waals surface area contributed by atoms with Crippen molar-refractivity contribution in [3.05, 3.63) is 28.8 Å². The first-order valence-electron chi connectivity index (χ1n) is 6.39. The van der Waals surface area contributed by atoms with Gasteiger partial charge in [0.25, 0.3) is 0 Å². The fraction of sp³-hybridized carbons (Fsp3) is 0.533. The summed E-state index contributed by atoms with van der Waals surface area (Å²) in [5.74, 6) is 0.644. The van der Waals surface area contributed by atoms with Gasteiger partial charge < -0.3 is 9.16 Å². The zero-order valence-electron chi connectivity index (χ0n) is 12.7. The van der Waals surface area contributed by atoms with E-state index in [0.717, 1.165) is 11.8 Å². The highest BCUT2D eigenvalue weighted by molar-refractivity contribution is 6.48. The van der Waals surface area contributed by atoms with Crippen molar-refractivity contribution in [1.29, 1.82) is 0 Å². The molecule has 0 unspecified atom stereocenters. The van der Waals surface area contributed by atoms with Crippen molar-refractivity contribution >= 4 is 15.3 Å². The summed E-state index contributed by atoms with van der Waals surface area (Å²) in [5, 5.41) is 0. The minimum atomic E-state index is -0.781. The number of benzene rings is 1. The Morgan fingerprint density at radius 3 is 2.32 bits per heavy atom. The molecule has 4 heteroatoms. The van der Waals surface area contributed by atoms with E-state index in [9.17, 15) is 4.79 Å². The molecule has 19 heavy (non-hydrogen) atoms. The van der Waals surface area contributed by atoms with Crippen molar-refractivity contribution in [3.8, 4) is 5.75 Å². The van der Waals surface area contributed by atoms with Crippen LogP contribution in [0.5, 0.6) is 5.75 Å². The maximum absolute atomic E-state index is 11.1. The molecule has 0 saturated heterocycles. The lowest BCUT2D eigenvalue weighted by Crippen LogP contribution is -2.18. The lowest BCUT2D eigenvalue weighted by atomic mass is 9.83. The minimum Gasteiger partial charge on any atom is -0.496 e. The number of hydrogen-bond acceptors (Lipinski definition) is 3. The predicted octanol–water partition coefficient (Wildman–Crippen LogP) is 3.57. The monoisotopic (exact) mass is 279 g/mol. The van der Waals surface area contributed by atoms with Gasteiger partial charge in [0.2, 0.25) is 9.04 Å². The molecular weight excluding hydrogens is 256 g/mol. The van der Waals surface area contributed by atoms with E-state index in [1.165, 1.54) is 5.56 Å². The number of ether oxygens (including phenoxy) is 1. The Labute approximate surface area is 117 Å². The van der Waals surface area contributed by atoms with Gasteiger partial charge in [-0.15, -0.1) is 0 Å². The van der Waals surface area contributed by atoms with Crippen molar-refractivity contribution < 1.29 is 14.0 Å². The minimum absolute atomic E-state index is 0.0121. The molecule has 0 saturated carbocycles. The molecule has 0 N–H and O–H groups in total. The number of methoxy groups -OCH3 is 1. The molecule has 0 fully saturated rings. The summed E-state index contributed by atoms with van der Waals surface area (Å²) in [6.45, 7) is 11.1. The van der Waals surface area contributed by atoms with Gasteiger partial charge >= 0.3 is 0 Å². The predicted molar refractivity (Wildman–Crippen MR) is 79.4 cm³/mol. The number of rotatable bonds is 5. The van der Waals surface area contributed by atoms with Gasteiger partial charge in [0.1, 0.15) is 5.75 Å². The molecule has 0 atom stereocenters. The van der Waals surface area contributed by atoms with Crippen LogP contribution in [0.4, 0.5) is 0 Å². The van der Waals surface area contributed by atoms with Crippen LogP contribution in [0.15, 0.2) is 12.1 Å². The van der Waals surface area contributed by atoms with Crippen LogP contribution in [0.3, 0.4) is 0 Å². The lowest BCUT2D eigenvalue weighted by Gasteiger charge is -2.25. The molecular formula is C15H23O3Si. The van der Waals surface area contributed by atoms with Crippen LogP contribution >= 0.6 is 0 Å². The fourth-order valence-corrected chi connectivity index (χ4v) is 2.48. The molecule has 0 bridgehead atoms. The van der Waals surface area contributed by atoms with E-state index in [1.54, 1.807) is 7.11 Å². The van der Waals surface area contributed by atoms with Crippen LogP contribution in [0.25, 0.3) is 0 Å². The molecule has 1 rings (SSSR count). The van der Waals surface area contributed by atoms with E-state index < -0.39 is 9.04 Å². The normalized spacial score (nSPS) is 11.7. The number of aldehydes is 1. The van der Waals surface area contributed by atoms with E-state index in [0.29, 0.717) is 17.9 Å². The highest BCUT2D eigenvalue weighted by atomic mass is 28.3. The summed E-state index contributed by atoms with van der Waals surface area (Å²) >= 11 is 0. The van der Waals surface area contributed by atoms with Gasteiger partial charge in [-0.1, -0.05) is 26.8 Å². The van der Waals surface area contributed by atoms with Gasteiger partial charge in [0.15, 0.2) is 6.29 Å². The summed E-state index contributed by atoms with van der Waals surface area (Å²) in [6.07, 6.45) is 0.832. The third-order valence-electron chi connectivity index (χ3n) is 2.94. The van der Waals surface area contributed by atoms with Crippen LogP contribution in [-0.4, -0.2) is 22.4 Å². The van der Waals surface area contributed by atoms with E-state index in [1.807, 2.05) is 12.1 Å². The Bertz CT molecular complexity index is 447. The number of carbonyl (C=O) groups excluding carboxylic acids is 1. The fourth-order valence-electron chi connectivity index (χ4n) is 2.04. The topological polar surface area (TPSA) is 35.5 Å². The molecule has 1 aromatic rings. The van der Waals surface area contributed by atoms with E-state index in [4.69, 9.17) is 9.16 Å². The summed E-state index contributed by atoms with van der Waals surface area (Å²) in [7, 11) is 0.818. The molecule has 0 aromatic heterocycles. The van der Waals surface area contributed by atoms with Crippen molar-refractivity contribution in [2.24, 2.45) is 0 Å². The second-order valence-electron chi connectivity index (χ2n) is 5.78. The summed E-state index contributed by atoms with van der Waals surface area (Å²) in [4.78, 5) is 11.1. The first-order chi connectivity index (χ1) is 8.81. The maximum atomic E-state index is 11.1. The van der Waals surface area contributed by atoms with Gasteiger partial charge in [0.05, 0.1) is 19.3 Å². The molecule has 0 amide bonds.